The molecule has 1 heterocycles. The molecule has 0 aliphatic rings. The third-order valence-corrected chi connectivity index (χ3v) is 3.72. The number of halogens is 3. The molecule has 0 aliphatic carbocycles. The van der Waals surface area contributed by atoms with Gasteiger partial charge in [0.2, 0.25) is 0 Å². The maximum absolute atomic E-state index is 12.8. The van der Waals surface area contributed by atoms with Crippen molar-refractivity contribution in [3.8, 4) is 0 Å². The summed E-state index contributed by atoms with van der Waals surface area (Å²) in [6, 6.07) is 9.79. The van der Waals surface area contributed by atoms with Crippen molar-refractivity contribution in [2.24, 2.45) is 0 Å². The number of hydrogen-bond donors (Lipinski definition) is 1. The van der Waals surface area contributed by atoms with E-state index in [1.54, 1.807) is 24.3 Å². The van der Waals surface area contributed by atoms with Gasteiger partial charge >= 0.3 is 0 Å². The van der Waals surface area contributed by atoms with E-state index >= 15 is 0 Å². The summed E-state index contributed by atoms with van der Waals surface area (Å²) in [7, 11) is 0. The second-order valence-electron chi connectivity index (χ2n) is 4.59. The lowest BCUT2D eigenvalue weighted by Gasteiger charge is -2.13. The molecule has 2 aromatic rings. The van der Waals surface area contributed by atoms with Crippen LogP contribution in [0.25, 0.3) is 0 Å². The number of nitrogens with one attached hydrogen (secondary N) is 1. The van der Waals surface area contributed by atoms with Gasteiger partial charge in [0.05, 0.1) is 12.3 Å². The van der Waals surface area contributed by atoms with Gasteiger partial charge in [-0.25, -0.2) is 4.39 Å². The van der Waals surface area contributed by atoms with E-state index in [2.05, 4.69) is 5.32 Å². The molecule has 1 N–H and O–H groups in total. The van der Waals surface area contributed by atoms with Crippen LogP contribution in [0.3, 0.4) is 0 Å². The summed E-state index contributed by atoms with van der Waals surface area (Å²) in [5.41, 5.74) is 0.969. The molecule has 2 nitrogen and oxygen atoms in total. The van der Waals surface area contributed by atoms with Crippen LogP contribution in [-0.4, -0.2) is 5.76 Å². The number of alkyl halides is 2. The molecule has 1 aromatic heterocycles. The molecule has 21 heavy (non-hydrogen) atoms. The van der Waals surface area contributed by atoms with E-state index in [1.165, 1.54) is 12.1 Å². The lowest BCUT2D eigenvalue weighted by atomic mass is 10.1. The molecule has 0 aliphatic heterocycles. The third kappa shape index (κ3) is 5.13. The Morgan fingerprint density at radius 1 is 1.10 bits per heavy atom. The van der Waals surface area contributed by atoms with E-state index in [4.69, 9.17) is 4.42 Å². The fourth-order valence-electron chi connectivity index (χ4n) is 1.86. The van der Waals surface area contributed by atoms with Crippen LogP contribution >= 0.6 is 11.8 Å². The minimum Gasteiger partial charge on any atom is -0.464 e. The Balaban J connectivity index is 1.83. The van der Waals surface area contributed by atoms with Gasteiger partial charge in [-0.3, -0.25) is 0 Å². The second-order valence-corrected chi connectivity index (χ2v) is 5.57. The molecular formula is C15H16F3NOS. The van der Waals surface area contributed by atoms with Crippen molar-refractivity contribution in [1.29, 1.82) is 0 Å². The van der Waals surface area contributed by atoms with Crippen LogP contribution in [0.15, 0.2) is 40.8 Å². The summed E-state index contributed by atoms with van der Waals surface area (Å²) in [6.45, 7) is 2.45. The van der Waals surface area contributed by atoms with Gasteiger partial charge in [-0.15, -0.1) is 0 Å². The molecule has 0 unspecified atom stereocenters. The molecule has 6 heteroatoms. The lowest BCUT2D eigenvalue weighted by molar-refractivity contribution is 0.251. The van der Waals surface area contributed by atoms with Crippen molar-refractivity contribution in [2.45, 2.75) is 31.0 Å². The lowest BCUT2D eigenvalue weighted by Crippen LogP contribution is -2.17. The Morgan fingerprint density at radius 3 is 2.43 bits per heavy atom. The van der Waals surface area contributed by atoms with E-state index in [1.807, 2.05) is 6.92 Å². The zero-order chi connectivity index (χ0) is 15.2. The number of benzene rings is 1. The van der Waals surface area contributed by atoms with Gasteiger partial charge in [0.1, 0.15) is 17.3 Å². The summed E-state index contributed by atoms with van der Waals surface area (Å²) < 4.78 is 42.5. The fraction of sp³-hybridized carbons (Fsp3) is 0.333. The van der Waals surface area contributed by atoms with Crippen molar-refractivity contribution < 1.29 is 17.6 Å². The SMILES string of the molecule is C[C@@H](NCc1ccc(CSC(F)F)o1)c1ccc(F)cc1. The van der Waals surface area contributed by atoms with Crippen molar-refractivity contribution >= 4 is 11.8 Å². The zero-order valence-corrected chi connectivity index (χ0v) is 12.3. The highest BCUT2D eigenvalue weighted by Crippen LogP contribution is 2.21. The molecule has 114 valence electrons. The van der Waals surface area contributed by atoms with Gasteiger partial charge in [0.15, 0.2) is 0 Å². The normalized spacial score (nSPS) is 12.8. The Bertz CT molecular complexity index is 556. The topological polar surface area (TPSA) is 25.2 Å². The first-order chi connectivity index (χ1) is 10.0. The van der Waals surface area contributed by atoms with Crippen molar-refractivity contribution in [3.05, 3.63) is 59.3 Å². The predicted molar refractivity (Wildman–Crippen MR) is 77.7 cm³/mol. The number of furan rings is 1. The van der Waals surface area contributed by atoms with Gasteiger partial charge in [0, 0.05) is 6.04 Å². The quantitative estimate of drug-likeness (QED) is 0.800. The molecule has 0 saturated heterocycles. The van der Waals surface area contributed by atoms with E-state index in [9.17, 15) is 13.2 Å². The summed E-state index contributed by atoms with van der Waals surface area (Å²) in [4.78, 5) is 0. The number of thioether (sulfide) groups is 1. The van der Waals surface area contributed by atoms with Crippen molar-refractivity contribution in [2.75, 3.05) is 0 Å². The van der Waals surface area contributed by atoms with E-state index < -0.39 is 5.76 Å². The van der Waals surface area contributed by atoms with Crippen LogP contribution in [0.1, 0.15) is 30.0 Å². The minimum absolute atomic E-state index is 0.0367. The molecule has 0 radical (unpaired) electrons. The highest BCUT2D eigenvalue weighted by atomic mass is 32.2. The molecule has 1 atom stereocenters. The van der Waals surface area contributed by atoms with Gasteiger partial charge in [-0.1, -0.05) is 23.9 Å². The van der Waals surface area contributed by atoms with Crippen LogP contribution in [0.4, 0.5) is 13.2 Å². The van der Waals surface area contributed by atoms with Crippen molar-refractivity contribution in [1.82, 2.24) is 5.32 Å². The maximum Gasteiger partial charge on any atom is 0.284 e. The minimum atomic E-state index is -2.39. The fourth-order valence-corrected chi connectivity index (χ4v) is 2.31. The maximum atomic E-state index is 12.8. The van der Waals surface area contributed by atoms with E-state index in [-0.39, 0.29) is 17.6 Å². The molecular weight excluding hydrogens is 299 g/mol. The summed E-state index contributed by atoms with van der Waals surface area (Å²) >= 11 is 0.537. The first-order valence-electron chi connectivity index (χ1n) is 6.51. The molecule has 0 bridgehead atoms. The first kappa shape index (κ1) is 16.0. The van der Waals surface area contributed by atoms with Crippen LogP contribution < -0.4 is 5.32 Å². The van der Waals surface area contributed by atoms with E-state index in [0.29, 0.717) is 29.8 Å². The first-order valence-corrected chi connectivity index (χ1v) is 7.55. The smallest absolute Gasteiger partial charge is 0.284 e. The largest absolute Gasteiger partial charge is 0.464 e. The molecule has 0 fully saturated rings. The molecule has 2 rings (SSSR count). The monoisotopic (exact) mass is 315 g/mol. The number of rotatable bonds is 7. The molecule has 1 aromatic carbocycles. The zero-order valence-electron chi connectivity index (χ0n) is 11.5. The Morgan fingerprint density at radius 2 is 1.76 bits per heavy atom. The van der Waals surface area contributed by atoms with Crippen LogP contribution in [0.2, 0.25) is 0 Å². The Hall–Kier alpha value is -1.40. The van der Waals surface area contributed by atoms with Gasteiger partial charge < -0.3 is 9.73 Å². The number of hydrogen-bond acceptors (Lipinski definition) is 3. The van der Waals surface area contributed by atoms with Crippen LogP contribution in [0, 0.1) is 5.82 Å². The van der Waals surface area contributed by atoms with Gasteiger partial charge in [0.25, 0.3) is 5.76 Å². The molecule has 0 spiro atoms. The predicted octanol–water partition coefficient (Wildman–Crippen LogP) is 4.73. The Labute approximate surface area is 125 Å². The summed E-state index contributed by atoms with van der Waals surface area (Å²) in [6.07, 6.45) is 0. The summed E-state index contributed by atoms with van der Waals surface area (Å²) in [5, 5.41) is 3.24. The standard InChI is InChI=1S/C15H16F3NOS/c1-10(11-2-4-12(16)5-3-11)19-8-13-6-7-14(20-13)9-21-15(17)18/h2-7,10,15,19H,8-9H2,1H3/t10-/m1/s1. The molecule has 0 saturated carbocycles. The Kier molecular flexibility index (Phi) is 5.76. The average molecular weight is 315 g/mol. The van der Waals surface area contributed by atoms with Crippen molar-refractivity contribution in [3.63, 3.8) is 0 Å². The third-order valence-electron chi connectivity index (χ3n) is 3.02. The highest BCUT2D eigenvalue weighted by Gasteiger charge is 2.09. The van der Waals surface area contributed by atoms with E-state index in [0.717, 1.165) is 5.56 Å². The highest BCUT2D eigenvalue weighted by molar-refractivity contribution is 7.98. The molecule has 0 amide bonds. The summed E-state index contributed by atoms with van der Waals surface area (Å²) in [5.74, 6) is -1.28. The second kappa shape index (κ2) is 7.56. The van der Waals surface area contributed by atoms with Gasteiger partial charge in [-0.2, -0.15) is 8.78 Å². The van der Waals surface area contributed by atoms with Gasteiger partial charge in [-0.05, 0) is 36.8 Å². The van der Waals surface area contributed by atoms with Crippen LogP contribution in [-0.2, 0) is 12.3 Å². The average Bonchev–Trinajstić information content (AvgIpc) is 2.91. The van der Waals surface area contributed by atoms with Crippen LogP contribution in [0.5, 0.6) is 0 Å².